The summed E-state index contributed by atoms with van der Waals surface area (Å²) in [6.07, 6.45) is 1.76. The monoisotopic (exact) mass is 508 g/mol. The van der Waals surface area contributed by atoms with Gasteiger partial charge < -0.3 is 10.1 Å². The molecule has 0 spiro atoms. The van der Waals surface area contributed by atoms with Crippen molar-refractivity contribution < 1.29 is 4.74 Å². The van der Waals surface area contributed by atoms with E-state index in [2.05, 4.69) is 72.7 Å². The molecule has 0 bridgehead atoms. The highest BCUT2D eigenvalue weighted by Gasteiger charge is 2.15. The summed E-state index contributed by atoms with van der Waals surface area (Å²) in [6, 6.07) is 40.8. The summed E-state index contributed by atoms with van der Waals surface area (Å²) >= 11 is 0. The third kappa shape index (κ3) is 5.29. The highest BCUT2D eigenvalue weighted by molar-refractivity contribution is 5.73. The van der Waals surface area contributed by atoms with Crippen LogP contribution in [-0.2, 0) is 0 Å². The van der Waals surface area contributed by atoms with E-state index in [1.54, 1.807) is 6.20 Å². The van der Waals surface area contributed by atoms with E-state index in [0.29, 0.717) is 0 Å². The summed E-state index contributed by atoms with van der Waals surface area (Å²) in [5.74, 6) is 2.26. The zero-order chi connectivity index (χ0) is 26.6. The highest BCUT2D eigenvalue weighted by atomic mass is 16.5. The smallest absolute Gasteiger partial charge is 0.130 e. The molecule has 0 radical (unpaired) electrons. The van der Waals surface area contributed by atoms with Gasteiger partial charge in [-0.15, -0.1) is 0 Å². The summed E-state index contributed by atoms with van der Waals surface area (Å²) in [6.45, 7) is 4.17. The summed E-state index contributed by atoms with van der Waals surface area (Å²) in [5.41, 5.74) is 8.63. The van der Waals surface area contributed by atoms with Crippen LogP contribution in [0.1, 0.15) is 11.4 Å². The summed E-state index contributed by atoms with van der Waals surface area (Å²) in [7, 11) is 0. The Morgan fingerprint density at radius 1 is 0.641 bits per heavy atom. The maximum absolute atomic E-state index is 6.23. The van der Waals surface area contributed by atoms with Gasteiger partial charge in [0, 0.05) is 35.3 Å². The first-order valence-electron chi connectivity index (χ1n) is 12.9. The number of ether oxygens (including phenoxy) is 1. The minimum absolute atomic E-state index is 0.737. The first-order chi connectivity index (χ1) is 19.1. The van der Waals surface area contributed by atoms with Gasteiger partial charge in [0.25, 0.3) is 0 Å². The molecule has 5 heteroatoms. The fraction of sp³-hybridized carbons (Fsp3) is 0.0588. The van der Waals surface area contributed by atoms with Crippen molar-refractivity contribution in [2.24, 2.45) is 0 Å². The molecule has 2 heterocycles. The number of aromatic nitrogens is 3. The molecule has 190 valence electrons. The van der Waals surface area contributed by atoms with Crippen LogP contribution < -0.4 is 10.1 Å². The van der Waals surface area contributed by atoms with Crippen molar-refractivity contribution in [2.75, 3.05) is 5.32 Å². The maximum atomic E-state index is 6.23. The number of hydrogen-bond acceptors (Lipinski definition) is 4. The van der Waals surface area contributed by atoms with Gasteiger partial charge >= 0.3 is 0 Å². The van der Waals surface area contributed by atoms with Gasteiger partial charge in [-0.05, 0) is 66.9 Å². The van der Waals surface area contributed by atoms with E-state index < -0.39 is 0 Å². The van der Waals surface area contributed by atoms with E-state index >= 15 is 0 Å². The Kier molecular flexibility index (Phi) is 6.62. The van der Waals surface area contributed by atoms with Gasteiger partial charge in [-0.1, -0.05) is 72.8 Å². The predicted octanol–water partition coefficient (Wildman–Crippen LogP) is 8.75. The third-order valence-electron chi connectivity index (χ3n) is 6.64. The second kappa shape index (κ2) is 10.7. The van der Waals surface area contributed by atoms with Gasteiger partial charge in [0.15, 0.2) is 0 Å². The molecule has 6 aromatic rings. The van der Waals surface area contributed by atoms with Crippen LogP contribution in [0.2, 0.25) is 0 Å². The molecular formula is C34H28N4O. The van der Waals surface area contributed by atoms with Crippen LogP contribution in [0.4, 0.5) is 11.5 Å². The van der Waals surface area contributed by atoms with Gasteiger partial charge in [0.05, 0.1) is 11.4 Å². The molecule has 5 nitrogen and oxygen atoms in total. The molecule has 2 aromatic heterocycles. The summed E-state index contributed by atoms with van der Waals surface area (Å²) < 4.78 is 8.22. The van der Waals surface area contributed by atoms with Crippen molar-refractivity contribution in [3.05, 3.63) is 139 Å². The van der Waals surface area contributed by atoms with Crippen LogP contribution in [0, 0.1) is 13.8 Å². The summed E-state index contributed by atoms with van der Waals surface area (Å²) in [4.78, 5) is 4.33. The van der Waals surface area contributed by atoms with Crippen LogP contribution in [0.3, 0.4) is 0 Å². The zero-order valence-electron chi connectivity index (χ0n) is 21.9. The fourth-order valence-electron chi connectivity index (χ4n) is 4.81. The average Bonchev–Trinajstić information content (AvgIpc) is 3.28. The Bertz CT molecular complexity index is 1710. The lowest BCUT2D eigenvalue weighted by Gasteiger charge is -2.11. The van der Waals surface area contributed by atoms with Gasteiger partial charge in [-0.2, -0.15) is 5.10 Å². The van der Waals surface area contributed by atoms with E-state index in [-0.39, 0.29) is 0 Å². The lowest BCUT2D eigenvalue weighted by molar-refractivity contribution is 0.482. The van der Waals surface area contributed by atoms with Crippen LogP contribution in [-0.4, -0.2) is 14.8 Å². The van der Waals surface area contributed by atoms with Gasteiger partial charge in [0.1, 0.15) is 17.3 Å². The maximum Gasteiger partial charge on any atom is 0.130 e. The molecule has 0 atom stereocenters. The molecule has 0 aliphatic carbocycles. The Morgan fingerprint density at radius 2 is 1.33 bits per heavy atom. The SMILES string of the molecule is Cc1nn(-c2cccc(Oc3cccc(Nc4ccccn4)c3)c2)c(C)c1-c1ccc(-c2ccccc2)cc1. The number of nitrogens with zero attached hydrogens (tertiary/aromatic N) is 3. The van der Waals surface area contributed by atoms with Crippen molar-refractivity contribution in [2.45, 2.75) is 13.8 Å². The topological polar surface area (TPSA) is 52.0 Å². The van der Waals surface area contributed by atoms with E-state index in [1.165, 1.54) is 11.1 Å². The number of nitrogens with one attached hydrogen (secondary N) is 1. The molecule has 0 saturated carbocycles. The number of anilines is 2. The molecule has 4 aromatic carbocycles. The largest absolute Gasteiger partial charge is 0.457 e. The molecule has 0 aliphatic rings. The number of aryl methyl sites for hydroxylation is 1. The first-order valence-corrected chi connectivity index (χ1v) is 12.9. The van der Waals surface area contributed by atoms with Crippen LogP contribution in [0.25, 0.3) is 27.9 Å². The molecule has 6 rings (SSSR count). The Balaban J connectivity index is 1.24. The second-order valence-corrected chi connectivity index (χ2v) is 9.37. The lowest BCUT2D eigenvalue weighted by atomic mass is 9.99. The fourth-order valence-corrected chi connectivity index (χ4v) is 4.81. The minimum atomic E-state index is 0.737. The van der Waals surface area contributed by atoms with Crippen molar-refractivity contribution >= 4 is 11.5 Å². The normalized spacial score (nSPS) is 10.8. The molecule has 0 fully saturated rings. The first kappa shape index (κ1) is 24.2. The molecule has 39 heavy (non-hydrogen) atoms. The summed E-state index contributed by atoms with van der Waals surface area (Å²) in [5, 5.41) is 8.20. The van der Waals surface area contributed by atoms with E-state index in [1.807, 2.05) is 77.5 Å². The predicted molar refractivity (Wildman–Crippen MR) is 158 cm³/mol. The zero-order valence-corrected chi connectivity index (χ0v) is 21.9. The molecule has 1 N–H and O–H groups in total. The van der Waals surface area contributed by atoms with Crippen LogP contribution in [0.15, 0.2) is 128 Å². The van der Waals surface area contributed by atoms with E-state index in [4.69, 9.17) is 9.84 Å². The Morgan fingerprint density at radius 3 is 2.10 bits per heavy atom. The number of pyridine rings is 1. The third-order valence-corrected chi connectivity index (χ3v) is 6.64. The van der Waals surface area contributed by atoms with Crippen molar-refractivity contribution in [3.8, 4) is 39.4 Å². The molecule has 0 unspecified atom stereocenters. The standard InChI is InChI=1S/C34H28N4O/c1-24-34(28-19-17-27(18-20-28)26-10-4-3-5-11-26)25(2)38(37-24)30-13-9-15-32(23-30)39-31-14-8-12-29(22-31)36-33-16-6-7-21-35-33/h3-23H,1-2H3,(H,35,36). The molecular weight excluding hydrogens is 480 g/mol. The van der Waals surface area contributed by atoms with E-state index in [0.717, 1.165) is 51.2 Å². The minimum Gasteiger partial charge on any atom is -0.457 e. The highest BCUT2D eigenvalue weighted by Crippen LogP contribution is 2.32. The average molecular weight is 509 g/mol. The quantitative estimate of drug-likeness (QED) is 0.234. The molecule has 0 amide bonds. The van der Waals surface area contributed by atoms with Crippen LogP contribution in [0.5, 0.6) is 11.5 Å². The van der Waals surface area contributed by atoms with Crippen molar-refractivity contribution in [1.82, 2.24) is 14.8 Å². The van der Waals surface area contributed by atoms with Crippen LogP contribution >= 0.6 is 0 Å². The Labute approximate surface area is 228 Å². The van der Waals surface area contributed by atoms with Crippen molar-refractivity contribution in [3.63, 3.8) is 0 Å². The van der Waals surface area contributed by atoms with Gasteiger partial charge in [-0.25, -0.2) is 9.67 Å². The lowest BCUT2D eigenvalue weighted by Crippen LogP contribution is -1.99. The van der Waals surface area contributed by atoms with Crippen molar-refractivity contribution in [1.29, 1.82) is 0 Å². The Hall–Kier alpha value is -5.16. The van der Waals surface area contributed by atoms with Gasteiger partial charge in [0.2, 0.25) is 0 Å². The molecule has 0 saturated heterocycles. The number of benzene rings is 4. The molecule has 0 aliphatic heterocycles. The second-order valence-electron chi connectivity index (χ2n) is 9.37. The van der Waals surface area contributed by atoms with Gasteiger partial charge in [-0.3, -0.25) is 0 Å². The number of hydrogen-bond donors (Lipinski definition) is 1. The number of rotatable bonds is 7. The van der Waals surface area contributed by atoms with E-state index in [9.17, 15) is 0 Å².